The summed E-state index contributed by atoms with van der Waals surface area (Å²) in [6.07, 6.45) is 10.9. The van der Waals surface area contributed by atoms with Crippen molar-refractivity contribution in [1.82, 2.24) is 15.6 Å². The monoisotopic (exact) mass is 263 g/mol. The van der Waals surface area contributed by atoms with E-state index in [1.54, 1.807) is 12.4 Å². The van der Waals surface area contributed by atoms with E-state index in [4.69, 9.17) is 0 Å². The number of rotatable bonds is 9. The van der Waals surface area contributed by atoms with Crippen LogP contribution in [0.5, 0.6) is 0 Å². The molecule has 0 aliphatic carbocycles. The number of hydrogen-bond donors (Lipinski definition) is 2. The summed E-state index contributed by atoms with van der Waals surface area (Å²) in [4.78, 5) is 15.5. The highest BCUT2D eigenvalue weighted by Crippen LogP contribution is 2.03. The summed E-state index contributed by atoms with van der Waals surface area (Å²) in [5.41, 5.74) is 1.01. The minimum absolute atomic E-state index is 0.0996. The van der Waals surface area contributed by atoms with Crippen LogP contribution < -0.4 is 10.6 Å². The first-order valence-electron chi connectivity index (χ1n) is 7.23. The first-order valence-corrected chi connectivity index (χ1v) is 7.23. The Morgan fingerprint density at radius 1 is 1.16 bits per heavy atom. The minimum Gasteiger partial charge on any atom is -0.338 e. The molecular weight excluding hydrogens is 238 g/mol. The predicted molar refractivity (Wildman–Crippen MR) is 77.9 cm³/mol. The lowest BCUT2D eigenvalue weighted by atomic mass is 10.1. The maximum absolute atomic E-state index is 11.5. The highest BCUT2D eigenvalue weighted by Gasteiger charge is 1.99. The second kappa shape index (κ2) is 10.4. The second-order valence-corrected chi connectivity index (χ2v) is 4.74. The molecule has 0 radical (unpaired) electrons. The molecule has 0 aliphatic heterocycles. The molecule has 2 amide bonds. The van der Waals surface area contributed by atoms with Crippen LogP contribution in [-0.4, -0.2) is 17.6 Å². The van der Waals surface area contributed by atoms with E-state index in [1.807, 2.05) is 12.1 Å². The Bertz CT molecular complexity index is 341. The van der Waals surface area contributed by atoms with Crippen molar-refractivity contribution >= 4 is 6.03 Å². The fourth-order valence-electron chi connectivity index (χ4n) is 1.85. The number of amides is 2. The lowest BCUT2D eigenvalue weighted by Crippen LogP contribution is -2.35. The summed E-state index contributed by atoms with van der Waals surface area (Å²) in [5, 5.41) is 5.69. The van der Waals surface area contributed by atoms with Gasteiger partial charge in [0, 0.05) is 25.5 Å². The molecule has 1 heterocycles. The number of hydrogen-bond acceptors (Lipinski definition) is 2. The number of pyridine rings is 1. The molecule has 19 heavy (non-hydrogen) atoms. The van der Waals surface area contributed by atoms with Crippen molar-refractivity contribution in [3.05, 3.63) is 30.1 Å². The summed E-state index contributed by atoms with van der Waals surface area (Å²) in [6.45, 7) is 3.50. The van der Waals surface area contributed by atoms with E-state index in [9.17, 15) is 4.79 Å². The smallest absolute Gasteiger partial charge is 0.315 e. The number of unbranched alkanes of at least 4 members (excludes halogenated alkanes) is 5. The van der Waals surface area contributed by atoms with Crippen molar-refractivity contribution in [2.75, 3.05) is 6.54 Å². The number of nitrogens with one attached hydrogen (secondary N) is 2. The number of carbonyl (C=O) groups excluding carboxylic acids is 1. The van der Waals surface area contributed by atoms with Crippen LogP contribution in [0, 0.1) is 0 Å². The van der Waals surface area contributed by atoms with Crippen molar-refractivity contribution in [3.63, 3.8) is 0 Å². The van der Waals surface area contributed by atoms with Crippen LogP contribution in [0.1, 0.15) is 51.0 Å². The fraction of sp³-hybridized carbons (Fsp3) is 0.600. The maximum Gasteiger partial charge on any atom is 0.315 e. The van der Waals surface area contributed by atoms with Gasteiger partial charge in [-0.3, -0.25) is 4.98 Å². The number of urea groups is 1. The van der Waals surface area contributed by atoms with E-state index in [2.05, 4.69) is 22.5 Å². The molecule has 0 aliphatic rings. The van der Waals surface area contributed by atoms with E-state index in [0.717, 1.165) is 18.5 Å². The minimum atomic E-state index is -0.0996. The van der Waals surface area contributed by atoms with Crippen LogP contribution in [0.4, 0.5) is 4.79 Å². The molecule has 0 aromatic carbocycles. The Hall–Kier alpha value is -1.58. The molecule has 0 unspecified atom stereocenters. The third kappa shape index (κ3) is 8.19. The molecule has 0 bridgehead atoms. The molecule has 0 atom stereocenters. The summed E-state index contributed by atoms with van der Waals surface area (Å²) in [6, 6.07) is 3.71. The Morgan fingerprint density at radius 3 is 2.68 bits per heavy atom. The normalized spacial score (nSPS) is 10.2. The zero-order valence-electron chi connectivity index (χ0n) is 11.8. The van der Waals surface area contributed by atoms with Gasteiger partial charge in [-0.25, -0.2) is 4.79 Å². The molecule has 0 saturated carbocycles. The average Bonchev–Trinajstić information content (AvgIpc) is 2.45. The van der Waals surface area contributed by atoms with E-state index < -0.39 is 0 Å². The number of aromatic nitrogens is 1. The van der Waals surface area contributed by atoms with Crippen molar-refractivity contribution < 1.29 is 4.79 Å². The Labute approximate surface area is 116 Å². The summed E-state index contributed by atoms with van der Waals surface area (Å²) >= 11 is 0. The molecule has 4 heteroatoms. The zero-order chi connectivity index (χ0) is 13.8. The molecular formula is C15H25N3O. The van der Waals surface area contributed by atoms with Crippen molar-refractivity contribution in [1.29, 1.82) is 0 Å². The average molecular weight is 263 g/mol. The molecule has 4 nitrogen and oxygen atoms in total. The number of nitrogens with zero attached hydrogens (tertiary/aromatic N) is 1. The van der Waals surface area contributed by atoms with E-state index in [0.29, 0.717) is 6.54 Å². The molecule has 106 valence electrons. The Kier molecular flexibility index (Phi) is 8.43. The van der Waals surface area contributed by atoms with Crippen LogP contribution in [0.25, 0.3) is 0 Å². The van der Waals surface area contributed by atoms with Gasteiger partial charge in [0.05, 0.1) is 0 Å². The van der Waals surface area contributed by atoms with Crippen LogP contribution >= 0.6 is 0 Å². The molecule has 1 aromatic heterocycles. The van der Waals surface area contributed by atoms with Crippen molar-refractivity contribution in [3.8, 4) is 0 Å². The lowest BCUT2D eigenvalue weighted by Gasteiger charge is -2.07. The summed E-state index contributed by atoms with van der Waals surface area (Å²) in [7, 11) is 0. The van der Waals surface area contributed by atoms with Crippen molar-refractivity contribution in [2.45, 2.75) is 52.0 Å². The number of carbonyl (C=O) groups is 1. The van der Waals surface area contributed by atoms with E-state index in [-0.39, 0.29) is 6.03 Å². The van der Waals surface area contributed by atoms with E-state index in [1.165, 1.54) is 32.1 Å². The largest absolute Gasteiger partial charge is 0.338 e. The van der Waals surface area contributed by atoms with Gasteiger partial charge in [-0.2, -0.15) is 0 Å². The molecule has 1 aromatic rings. The first kappa shape index (κ1) is 15.5. The summed E-state index contributed by atoms with van der Waals surface area (Å²) in [5.74, 6) is 0. The van der Waals surface area contributed by atoms with Gasteiger partial charge in [-0.1, -0.05) is 45.1 Å². The second-order valence-electron chi connectivity index (χ2n) is 4.74. The van der Waals surface area contributed by atoms with Crippen molar-refractivity contribution in [2.24, 2.45) is 0 Å². The topological polar surface area (TPSA) is 54.0 Å². The van der Waals surface area contributed by atoms with Crippen LogP contribution in [0.3, 0.4) is 0 Å². The maximum atomic E-state index is 11.5. The van der Waals surface area contributed by atoms with Gasteiger partial charge in [-0.15, -0.1) is 0 Å². The molecule has 2 N–H and O–H groups in total. The van der Waals surface area contributed by atoms with Gasteiger partial charge in [0.15, 0.2) is 0 Å². The quantitative estimate of drug-likeness (QED) is 0.672. The van der Waals surface area contributed by atoms with Crippen LogP contribution in [0.2, 0.25) is 0 Å². The van der Waals surface area contributed by atoms with E-state index >= 15 is 0 Å². The standard InChI is InChI=1S/C15H25N3O/c1-2-3-4-5-6-7-11-17-15(19)18-13-14-9-8-10-16-12-14/h8-10,12H,2-7,11,13H2,1H3,(H2,17,18,19). The zero-order valence-corrected chi connectivity index (χ0v) is 11.8. The molecule has 0 saturated heterocycles. The van der Waals surface area contributed by atoms with Gasteiger partial charge in [0.1, 0.15) is 0 Å². The highest BCUT2D eigenvalue weighted by atomic mass is 16.2. The first-order chi connectivity index (χ1) is 9.33. The highest BCUT2D eigenvalue weighted by molar-refractivity contribution is 5.73. The van der Waals surface area contributed by atoms with Gasteiger partial charge < -0.3 is 10.6 Å². The Morgan fingerprint density at radius 2 is 1.95 bits per heavy atom. The summed E-state index contributed by atoms with van der Waals surface area (Å²) < 4.78 is 0. The molecule has 0 fully saturated rings. The SMILES string of the molecule is CCCCCCCCNC(=O)NCc1cccnc1. The lowest BCUT2D eigenvalue weighted by molar-refractivity contribution is 0.240. The molecule has 0 spiro atoms. The van der Waals surface area contributed by atoms with Gasteiger partial charge in [0.2, 0.25) is 0 Å². The third-order valence-electron chi connectivity index (χ3n) is 2.99. The van der Waals surface area contributed by atoms with Crippen LogP contribution in [-0.2, 0) is 6.54 Å². The Balaban J connectivity index is 1.96. The van der Waals surface area contributed by atoms with Gasteiger partial charge in [-0.05, 0) is 18.1 Å². The van der Waals surface area contributed by atoms with Crippen LogP contribution in [0.15, 0.2) is 24.5 Å². The third-order valence-corrected chi connectivity index (χ3v) is 2.99. The van der Waals surface area contributed by atoms with Gasteiger partial charge in [0.25, 0.3) is 0 Å². The predicted octanol–water partition coefficient (Wildman–Crippen LogP) is 3.24. The van der Waals surface area contributed by atoms with Gasteiger partial charge >= 0.3 is 6.03 Å². The fourth-order valence-corrected chi connectivity index (χ4v) is 1.85. The molecule has 1 rings (SSSR count).